The van der Waals surface area contributed by atoms with Crippen molar-refractivity contribution >= 4 is 11.0 Å². The summed E-state index contributed by atoms with van der Waals surface area (Å²) in [5.41, 5.74) is 9.15. The molecule has 0 aliphatic rings. The van der Waals surface area contributed by atoms with E-state index in [1.54, 1.807) is 0 Å². The molecule has 4 nitrogen and oxygen atoms in total. The van der Waals surface area contributed by atoms with Gasteiger partial charge < -0.3 is 10.2 Å². The molecule has 2 aromatic heterocycles. The minimum atomic E-state index is 0.495. The van der Waals surface area contributed by atoms with Gasteiger partial charge in [0, 0.05) is 36.4 Å². The molecule has 0 spiro atoms. The van der Waals surface area contributed by atoms with Crippen molar-refractivity contribution in [2.75, 3.05) is 7.05 Å². The Morgan fingerprint density at radius 1 is 1.10 bits per heavy atom. The second-order valence-electron chi connectivity index (χ2n) is 5.23. The van der Waals surface area contributed by atoms with Crippen LogP contribution in [0.1, 0.15) is 16.9 Å². The van der Waals surface area contributed by atoms with Gasteiger partial charge in [-0.2, -0.15) is 0 Å². The summed E-state index contributed by atoms with van der Waals surface area (Å²) in [4.78, 5) is 6.25. The van der Waals surface area contributed by atoms with Gasteiger partial charge in [-0.3, -0.25) is 9.88 Å². The maximum Gasteiger partial charge on any atom is 0.134 e. The Kier molecular flexibility index (Phi) is 3.99. The number of fused-ring (bicyclic) bond motifs is 1. The number of furan rings is 1. The molecule has 3 rings (SSSR count). The number of aromatic nitrogens is 1. The van der Waals surface area contributed by atoms with Crippen LogP contribution in [0.5, 0.6) is 0 Å². The number of nitrogens with two attached hydrogens (primary N) is 1. The van der Waals surface area contributed by atoms with Crippen LogP contribution < -0.4 is 5.73 Å². The summed E-state index contributed by atoms with van der Waals surface area (Å²) in [6, 6.07) is 12.1. The molecule has 0 bridgehead atoms. The minimum Gasteiger partial charge on any atom is -0.459 e. The lowest BCUT2D eigenvalue weighted by atomic mass is 10.1. The standard InChI is InChI=1S/C17H19N3O/c1-20(11-13-6-8-19-9-7-13)12-17-15(10-18)14-4-2-3-5-16(14)21-17/h2-9H,10-12,18H2,1H3. The largest absolute Gasteiger partial charge is 0.459 e. The minimum absolute atomic E-state index is 0.495. The number of rotatable bonds is 5. The Morgan fingerprint density at radius 2 is 1.86 bits per heavy atom. The molecule has 3 aromatic rings. The summed E-state index contributed by atoms with van der Waals surface area (Å²) >= 11 is 0. The van der Waals surface area contributed by atoms with E-state index in [1.165, 1.54) is 5.56 Å². The van der Waals surface area contributed by atoms with Crippen molar-refractivity contribution in [3.63, 3.8) is 0 Å². The maximum atomic E-state index is 5.96. The average molecular weight is 281 g/mol. The molecule has 2 heterocycles. The lowest BCUT2D eigenvalue weighted by Crippen LogP contribution is -2.18. The Labute approximate surface area is 124 Å². The number of pyridine rings is 1. The van der Waals surface area contributed by atoms with E-state index in [2.05, 4.69) is 23.0 Å². The normalized spacial score (nSPS) is 11.4. The van der Waals surface area contributed by atoms with Crippen LogP contribution in [0.15, 0.2) is 53.2 Å². The smallest absolute Gasteiger partial charge is 0.134 e. The van der Waals surface area contributed by atoms with Crippen LogP contribution in [0.2, 0.25) is 0 Å². The molecule has 0 saturated heterocycles. The number of para-hydroxylation sites is 1. The third-order valence-corrected chi connectivity index (χ3v) is 3.60. The highest BCUT2D eigenvalue weighted by molar-refractivity contribution is 5.82. The van der Waals surface area contributed by atoms with Gasteiger partial charge in [0.15, 0.2) is 0 Å². The van der Waals surface area contributed by atoms with Gasteiger partial charge in [-0.1, -0.05) is 18.2 Å². The molecule has 4 heteroatoms. The molecular weight excluding hydrogens is 262 g/mol. The average Bonchev–Trinajstić information content (AvgIpc) is 2.85. The number of nitrogens with zero attached hydrogens (tertiary/aromatic N) is 2. The Hall–Kier alpha value is -2.17. The van der Waals surface area contributed by atoms with E-state index in [0.29, 0.717) is 6.54 Å². The summed E-state index contributed by atoms with van der Waals surface area (Å²) in [7, 11) is 2.08. The van der Waals surface area contributed by atoms with Crippen molar-refractivity contribution in [2.24, 2.45) is 5.73 Å². The van der Waals surface area contributed by atoms with Crippen molar-refractivity contribution in [3.8, 4) is 0 Å². The monoisotopic (exact) mass is 281 g/mol. The molecule has 0 amide bonds. The van der Waals surface area contributed by atoms with Crippen LogP contribution in [0.4, 0.5) is 0 Å². The third kappa shape index (κ3) is 2.96. The van der Waals surface area contributed by atoms with Gasteiger partial charge in [0.1, 0.15) is 11.3 Å². The number of hydrogen-bond acceptors (Lipinski definition) is 4. The predicted molar refractivity (Wildman–Crippen MR) is 83.5 cm³/mol. The van der Waals surface area contributed by atoms with Gasteiger partial charge in [0.05, 0.1) is 6.54 Å². The molecule has 0 fully saturated rings. The molecule has 0 radical (unpaired) electrons. The topological polar surface area (TPSA) is 55.3 Å². The highest BCUT2D eigenvalue weighted by Crippen LogP contribution is 2.26. The van der Waals surface area contributed by atoms with E-state index in [4.69, 9.17) is 10.2 Å². The molecule has 0 aliphatic heterocycles. The van der Waals surface area contributed by atoms with E-state index in [-0.39, 0.29) is 0 Å². The molecule has 1 aromatic carbocycles. The van der Waals surface area contributed by atoms with Gasteiger partial charge in [0.25, 0.3) is 0 Å². The van der Waals surface area contributed by atoms with E-state index in [9.17, 15) is 0 Å². The Balaban J connectivity index is 1.81. The predicted octanol–water partition coefficient (Wildman–Crippen LogP) is 2.92. The van der Waals surface area contributed by atoms with E-state index in [1.807, 2.05) is 42.7 Å². The highest BCUT2D eigenvalue weighted by atomic mass is 16.3. The van der Waals surface area contributed by atoms with Crippen LogP contribution in [0, 0.1) is 0 Å². The summed E-state index contributed by atoms with van der Waals surface area (Å²) < 4.78 is 5.96. The summed E-state index contributed by atoms with van der Waals surface area (Å²) in [5, 5.41) is 1.12. The van der Waals surface area contributed by atoms with Crippen molar-refractivity contribution in [1.29, 1.82) is 0 Å². The molecule has 0 unspecified atom stereocenters. The molecule has 0 atom stereocenters. The fourth-order valence-electron chi connectivity index (χ4n) is 2.60. The van der Waals surface area contributed by atoms with Gasteiger partial charge in [-0.05, 0) is 30.8 Å². The zero-order chi connectivity index (χ0) is 14.7. The van der Waals surface area contributed by atoms with Crippen LogP contribution in [0.25, 0.3) is 11.0 Å². The van der Waals surface area contributed by atoms with Gasteiger partial charge >= 0.3 is 0 Å². The van der Waals surface area contributed by atoms with Crippen molar-refractivity contribution < 1.29 is 4.42 Å². The van der Waals surface area contributed by atoms with Crippen LogP contribution in [0.3, 0.4) is 0 Å². The number of hydrogen-bond donors (Lipinski definition) is 1. The summed E-state index contributed by atoms with van der Waals surface area (Å²) in [6.07, 6.45) is 3.63. The van der Waals surface area contributed by atoms with Crippen LogP contribution >= 0.6 is 0 Å². The summed E-state index contributed by atoms with van der Waals surface area (Å²) in [6.45, 7) is 2.09. The lowest BCUT2D eigenvalue weighted by molar-refractivity contribution is 0.290. The van der Waals surface area contributed by atoms with Gasteiger partial charge in [-0.15, -0.1) is 0 Å². The molecular formula is C17H19N3O. The fraction of sp³-hybridized carbons (Fsp3) is 0.235. The van der Waals surface area contributed by atoms with E-state index in [0.717, 1.165) is 35.4 Å². The van der Waals surface area contributed by atoms with Crippen molar-refractivity contribution in [3.05, 3.63) is 65.7 Å². The van der Waals surface area contributed by atoms with E-state index < -0.39 is 0 Å². The molecule has 108 valence electrons. The second-order valence-corrected chi connectivity index (χ2v) is 5.23. The van der Waals surface area contributed by atoms with Crippen molar-refractivity contribution in [1.82, 2.24) is 9.88 Å². The quantitative estimate of drug-likeness (QED) is 0.781. The van der Waals surface area contributed by atoms with Crippen LogP contribution in [-0.2, 0) is 19.6 Å². The first-order valence-corrected chi connectivity index (χ1v) is 7.04. The fourth-order valence-corrected chi connectivity index (χ4v) is 2.60. The SMILES string of the molecule is CN(Cc1ccncc1)Cc1oc2ccccc2c1CN. The molecule has 21 heavy (non-hydrogen) atoms. The number of benzene rings is 1. The van der Waals surface area contributed by atoms with Gasteiger partial charge in [0.2, 0.25) is 0 Å². The Morgan fingerprint density at radius 3 is 2.62 bits per heavy atom. The van der Waals surface area contributed by atoms with Crippen molar-refractivity contribution in [2.45, 2.75) is 19.6 Å². The molecule has 0 saturated carbocycles. The Bertz CT molecular complexity index is 721. The second kappa shape index (κ2) is 6.08. The van der Waals surface area contributed by atoms with E-state index >= 15 is 0 Å². The zero-order valence-corrected chi connectivity index (χ0v) is 12.1. The highest BCUT2D eigenvalue weighted by Gasteiger charge is 2.14. The lowest BCUT2D eigenvalue weighted by Gasteiger charge is -2.15. The summed E-state index contributed by atoms with van der Waals surface area (Å²) in [5.74, 6) is 0.954. The van der Waals surface area contributed by atoms with Crippen LogP contribution in [-0.4, -0.2) is 16.9 Å². The first-order valence-electron chi connectivity index (χ1n) is 7.04. The molecule has 2 N–H and O–H groups in total. The zero-order valence-electron chi connectivity index (χ0n) is 12.1. The first-order chi connectivity index (χ1) is 10.3. The van der Waals surface area contributed by atoms with Gasteiger partial charge in [-0.25, -0.2) is 0 Å². The first kappa shape index (κ1) is 13.8. The molecule has 0 aliphatic carbocycles. The third-order valence-electron chi connectivity index (χ3n) is 3.60. The maximum absolute atomic E-state index is 5.96.